The normalized spacial score (nSPS) is 23.1. The molecule has 394 valence electrons. The molecule has 6 atom stereocenters. The number of fused-ring (bicyclic) bond motifs is 6. The molecule has 1 aliphatic carbocycles. The van der Waals surface area contributed by atoms with Gasteiger partial charge < -0.3 is 44.8 Å². The predicted molar refractivity (Wildman–Crippen MR) is 292 cm³/mol. The highest BCUT2D eigenvalue weighted by Gasteiger charge is 2.47. The number of thiazole rings is 1. The number of anilines is 2. The smallest absolute Gasteiger partial charge is 0.319 e. The number of rotatable bonds is 13. The molecule has 0 saturated carbocycles. The number of piperidine rings is 1. The molecule has 6 aliphatic rings. The summed E-state index contributed by atoms with van der Waals surface area (Å²) >= 11 is 1.60. The first-order valence-corrected chi connectivity index (χ1v) is 28.0. The van der Waals surface area contributed by atoms with Gasteiger partial charge in [-0.2, -0.15) is 9.97 Å². The molecule has 18 heteroatoms. The summed E-state index contributed by atoms with van der Waals surface area (Å²) in [5.41, 5.74) is 9.87. The quantitative estimate of drug-likeness (QED) is 0.0892. The van der Waals surface area contributed by atoms with Crippen molar-refractivity contribution >= 4 is 56.5 Å². The van der Waals surface area contributed by atoms with Crippen LogP contribution in [0.1, 0.15) is 92.9 Å². The van der Waals surface area contributed by atoms with Crippen molar-refractivity contribution in [3.05, 3.63) is 101 Å². The molecule has 2 bridgehead atoms. The zero-order chi connectivity index (χ0) is 52.0. The number of aliphatic hydroxyl groups is 1. The van der Waals surface area contributed by atoms with Crippen molar-refractivity contribution in [3.63, 3.8) is 0 Å². The van der Waals surface area contributed by atoms with Gasteiger partial charge in [0.05, 0.1) is 38.8 Å². The van der Waals surface area contributed by atoms with Gasteiger partial charge in [-0.25, -0.2) is 4.98 Å². The van der Waals surface area contributed by atoms with Crippen LogP contribution in [0.4, 0.5) is 11.6 Å². The number of carbonyl (C=O) groups is 2. The Morgan fingerprint density at radius 3 is 2.53 bits per heavy atom. The number of aromatic nitrogens is 5. The highest BCUT2D eigenvalue weighted by atomic mass is 32.1. The van der Waals surface area contributed by atoms with Crippen LogP contribution in [0.5, 0.6) is 11.8 Å². The topological polar surface area (TPSA) is 198 Å². The van der Waals surface area contributed by atoms with Gasteiger partial charge in [-0.3, -0.25) is 19.5 Å². The van der Waals surface area contributed by atoms with Crippen LogP contribution in [-0.2, 0) is 16.1 Å². The van der Waals surface area contributed by atoms with E-state index in [1.165, 1.54) is 10.5 Å². The van der Waals surface area contributed by atoms with Gasteiger partial charge in [0.1, 0.15) is 30.1 Å². The Morgan fingerprint density at radius 1 is 0.987 bits per heavy atom. The summed E-state index contributed by atoms with van der Waals surface area (Å²) in [5.74, 6) is 0.962. The molecule has 4 N–H and O–H groups in total. The summed E-state index contributed by atoms with van der Waals surface area (Å²) in [7, 11) is 0. The van der Waals surface area contributed by atoms with Crippen molar-refractivity contribution in [1.82, 2.24) is 45.5 Å². The summed E-state index contributed by atoms with van der Waals surface area (Å²) in [6, 6.07) is 20.3. The molecule has 0 radical (unpaired) electrons. The first kappa shape index (κ1) is 48.9. The van der Waals surface area contributed by atoms with Crippen molar-refractivity contribution in [2.45, 2.75) is 102 Å². The number of nitrogens with one attached hydrogen (secondary N) is 2. The lowest BCUT2D eigenvalue weighted by Gasteiger charge is -2.54. The number of β-amino-alcohol motifs (C(OH)–C–C–N with tert-alkyl or cyclic N) is 1. The van der Waals surface area contributed by atoms with Crippen LogP contribution in [0.25, 0.3) is 43.4 Å². The number of carbonyl (C=O) groups excluding carboxylic acids is 2. The first-order chi connectivity index (χ1) is 36.8. The SMILES string of the molecule is Cc1ncsc1-c1ccc(CNC(=O)[C@@H]2C[C@@H](O)CN2C(=O)[C@@H](c2cc(N3CC4(CCN(CCOc5nc(N6CC7CCC(C6)N7)c6cnc7c(c6n5)C(C)c5cccc6cc(O)cc-7c56)CC4)C3)no2)C(C)C)cc1. The van der Waals surface area contributed by atoms with Crippen molar-refractivity contribution in [1.29, 1.82) is 0 Å². The third-order valence-electron chi connectivity index (χ3n) is 17.4. The lowest BCUT2D eigenvalue weighted by atomic mass is 9.72. The van der Waals surface area contributed by atoms with Gasteiger partial charge in [0.2, 0.25) is 11.8 Å². The number of phenols is 1. The standard InChI is InChI=1S/C58H65N11O6S/c1-32(2)48(56(73)69-28-41(71)22-45(69)55(72)60-24-35-8-10-36(11-9-35)53-34(4)61-31-76-53)46-23-47(65-75-46)68-29-58(30-68)14-16-66(17-15-58)18-19-74-57-63-52-44(54(64-57)67-26-38-12-13-39(27-67)62-38)25-59-51-43-21-40(70)20-37-6-5-7-42(50(37)43)33(3)49(51)52/h5-11,20-21,23,25,31-33,38-39,41,45,48,62,70-71H,12-19,22,24,26-30H2,1-4H3,(H,60,72)/t33?,38?,39?,41-,45+,48-/m1/s1. The molecule has 7 aromatic rings. The first-order valence-electron chi connectivity index (χ1n) is 27.2. The lowest BCUT2D eigenvalue weighted by Crippen LogP contribution is -2.60. The molecule has 1 spiro atoms. The second-order valence-corrected chi connectivity index (χ2v) is 23.6. The van der Waals surface area contributed by atoms with Crippen molar-refractivity contribution in [3.8, 4) is 33.5 Å². The highest BCUT2D eigenvalue weighted by Crippen LogP contribution is 2.49. The van der Waals surface area contributed by atoms with Gasteiger partial charge in [0.15, 0.2) is 11.6 Å². The van der Waals surface area contributed by atoms with E-state index in [1.807, 2.05) is 74.9 Å². The average Bonchev–Trinajstić information content (AvgIpc) is 4.24. The van der Waals surface area contributed by atoms with Gasteiger partial charge in [-0.1, -0.05) is 68.4 Å². The summed E-state index contributed by atoms with van der Waals surface area (Å²) in [5, 5.41) is 35.9. The molecule has 76 heavy (non-hydrogen) atoms. The maximum Gasteiger partial charge on any atom is 0.319 e. The van der Waals surface area contributed by atoms with E-state index in [-0.39, 0.29) is 47.8 Å². The third-order valence-corrected chi connectivity index (χ3v) is 18.4. The number of benzene rings is 3. The van der Waals surface area contributed by atoms with E-state index in [9.17, 15) is 19.8 Å². The second kappa shape index (κ2) is 19.4. The molecule has 9 heterocycles. The van der Waals surface area contributed by atoms with E-state index in [4.69, 9.17) is 24.2 Å². The Kier molecular flexibility index (Phi) is 12.5. The van der Waals surface area contributed by atoms with E-state index >= 15 is 0 Å². The van der Waals surface area contributed by atoms with Gasteiger partial charge in [-0.15, -0.1) is 11.3 Å². The van der Waals surface area contributed by atoms with E-state index in [1.54, 1.807) is 11.3 Å². The fraction of sp³-hybridized carbons (Fsp3) is 0.466. The zero-order valence-electron chi connectivity index (χ0n) is 43.5. The van der Waals surface area contributed by atoms with E-state index in [0.717, 1.165) is 143 Å². The number of hydrogen-bond donors (Lipinski definition) is 4. The van der Waals surface area contributed by atoms with Gasteiger partial charge >= 0.3 is 6.01 Å². The molecule has 5 saturated heterocycles. The number of aromatic hydroxyl groups is 1. The van der Waals surface area contributed by atoms with Gasteiger partial charge in [-0.05, 0) is 91.2 Å². The Balaban J connectivity index is 0.640. The van der Waals surface area contributed by atoms with Crippen LogP contribution in [0, 0.1) is 18.3 Å². The van der Waals surface area contributed by atoms with Crippen LogP contribution in [-0.4, -0.2) is 140 Å². The number of hydrogen-bond acceptors (Lipinski definition) is 16. The number of phenolic OH excluding ortho intramolecular Hbond substituents is 1. The van der Waals surface area contributed by atoms with E-state index < -0.39 is 18.1 Å². The maximum absolute atomic E-state index is 14.4. The Morgan fingerprint density at radius 2 is 1.78 bits per heavy atom. The molecule has 17 nitrogen and oxygen atoms in total. The molecule has 13 rings (SSSR count). The molecule has 3 aromatic carbocycles. The molecular formula is C58H65N11O6S. The zero-order valence-corrected chi connectivity index (χ0v) is 44.4. The van der Waals surface area contributed by atoms with Crippen LogP contribution < -0.4 is 25.2 Å². The van der Waals surface area contributed by atoms with Crippen LogP contribution in [0.15, 0.2) is 76.9 Å². The van der Waals surface area contributed by atoms with Crippen LogP contribution in [0.2, 0.25) is 0 Å². The number of ether oxygens (including phenoxy) is 1. The fourth-order valence-electron chi connectivity index (χ4n) is 13.3. The number of pyridine rings is 1. The average molecular weight is 1040 g/mol. The van der Waals surface area contributed by atoms with Crippen molar-refractivity contribution in [2.24, 2.45) is 11.3 Å². The predicted octanol–water partition coefficient (Wildman–Crippen LogP) is 7.38. The van der Waals surface area contributed by atoms with Crippen LogP contribution in [0.3, 0.4) is 0 Å². The lowest BCUT2D eigenvalue weighted by molar-refractivity contribution is -0.141. The molecule has 5 fully saturated rings. The van der Waals surface area contributed by atoms with E-state index in [2.05, 4.69) is 60.6 Å². The summed E-state index contributed by atoms with van der Waals surface area (Å²) < 4.78 is 12.5. The number of amides is 2. The molecule has 4 aromatic heterocycles. The Hall–Kier alpha value is -6.73. The number of likely N-dealkylation sites (tertiary alicyclic amines) is 2. The highest BCUT2D eigenvalue weighted by molar-refractivity contribution is 7.13. The summed E-state index contributed by atoms with van der Waals surface area (Å²) in [4.78, 5) is 57.6. The molecule has 5 aliphatic heterocycles. The minimum atomic E-state index is -0.804. The van der Waals surface area contributed by atoms with Gasteiger partial charge in [0, 0.05) is 99.0 Å². The number of piperazine rings is 1. The van der Waals surface area contributed by atoms with Gasteiger partial charge in [0.25, 0.3) is 0 Å². The number of nitrogens with zero attached hydrogens (tertiary/aromatic N) is 9. The second-order valence-electron chi connectivity index (χ2n) is 22.7. The molecular weight excluding hydrogens is 979 g/mol. The van der Waals surface area contributed by atoms with Crippen LogP contribution >= 0.6 is 11.3 Å². The van der Waals surface area contributed by atoms with Crippen molar-refractivity contribution < 1.29 is 29.1 Å². The Labute approximate surface area is 445 Å². The summed E-state index contributed by atoms with van der Waals surface area (Å²) in [6.07, 6.45) is 5.70. The van der Waals surface area contributed by atoms with Crippen molar-refractivity contribution in [2.75, 3.05) is 68.8 Å². The monoisotopic (exact) mass is 1040 g/mol. The Bertz CT molecular complexity index is 3350. The largest absolute Gasteiger partial charge is 0.508 e. The molecule has 2 amide bonds. The fourth-order valence-corrected chi connectivity index (χ4v) is 14.1. The minimum Gasteiger partial charge on any atom is -0.508 e. The third kappa shape index (κ3) is 8.80. The van der Waals surface area contributed by atoms with E-state index in [0.29, 0.717) is 37.0 Å². The summed E-state index contributed by atoms with van der Waals surface area (Å²) in [6.45, 7) is 15.1. The maximum atomic E-state index is 14.4. The number of aryl methyl sites for hydroxylation is 1. The number of aliphatic hydroxyl groups excluding tert-OH is 1. The molecule has 3 unspecified atom stereocenters. The minimum absolute atomic E-state index is 0.0171.